The second-order valence-electron chi connectivity index (χ2n) is 5.49. The summed E-state index contributed by atoms with van der Waals surface area (Å²) in [5.41, 5.74) is 2.55. The molecule has 0 amide bonds. The molecule has 3 nitrogen and oxygen atoms in total. The molecule has 0 radical (unpaired) electrons. The van der Waals surface area contributed by atoms with Crippen molar-refractivity contribution in [1.82, 2.24) is 0 Å². The van der Waals surface area contributed by atoms with Crippen molar-refractivity contribution in [2.75, 3.05) is 6.61 Å². The van der Waals surface area contributed by atoms with Crippen LogP contribution >= 0.6 is 0 Å². The highest BCUT2D eigenvalue weighted by Crippen LogP contribution is 2.64. The van der Waals surface area contributed by atoms with Crippen molar-refractivity contribution in [3.05, 3.63) is 34.9 Å². The van der Waals surface area contributed by atoms with Crippen LogP contribution in [0.2, 0.25) is 0 Å². The van der Waals surface area contributed by atoms with E-state index in [9.17, 15) is 4.79 Å². The molecule has 1 aliphatic heterocycles. The van der Waals surface area contributed by atoms with Gasteiger partial charge in [-0.1, -0.05) is 30.7 Å². The van der Waals surface area contributed by atoms with Gasteiger partial charge in [0.25, 0.3) is 0 Å². The number of carbonyl (C=O) groups is 1. The van der Waals surface area contributed by atoms with Gasteiger partial charge in [0.15, 0.2) is 5.60 Å². The fourth-order valence-corrected chi connectivity index (χ4v) is 3.48. The van der Waals surface area contributed by atoms with Crippen molar-refractivity contribution in [2.45, 2.75) is 51.2 Å². The lowest BCUT2D eigenvalue weighted by Crippen LogP contribution is -2.33. The monoisotopic (exact) mass is 260 g/mol. The fourth-order valence-electron chi connectivity index (χ4n) is 3.48. The largest absolute Gasteiger partial charge is 0.464 e. The Morgan fingerprint density at radius 2 is 2.21 bits per heavy atom. The molecule has 2 atom stereocenters. The summed E-state index contributed by atoms with van der Waals surface area (Å²) < 4.78 is 11.3. The summed E-state index contributed by atoms with van der Waals surface area (Å²) in [4.78, 5) is 12.3. The number of hydrogen-bond acceptors (Lipinski definition) is 3. The summed E-state index contributed by atoms with van der Waals surface area (Å²) >= 11 is 0. The van der Waals surface area contributed by atoms with E-state index in [1.807, 2.05) is 13.8 Å². The molecule has 3 heteroatoms. The normalized spacial score (nSPS) is 31.3. The zero-order chi connectivity index (χ0) is 13.7. The van der Waals surface area contributed by atoms with Crippen LogP contribution in [0.25, 0.3) is 0 Å². The maximum atomic E-state index is 12.3. The number of esters is 1. The Bertz CT molecular complexity index is 537. The molecule has 0 N–H and O–H groups in total. The average molecular weight is 260 g/mol. The summed E-state index contributed by atoms with van der Waals surface area (Å²) in [6, 6.07) is 6.45. The van der Waals surface area contributed by atoms with E-state index in [2.05, 4.69) is 25.1 Å². The molecule has 0 aromatic heterocycles. The second kappa shape index (κ2) is 4.07. The number of rotatable bonds is 3. The Balaban J connectivity index is 2.01. The predicted octanol–water partition coefficient (Wildman–Crippen LogP) is 2.88. The van der Waals surface area contributed by atoms with Crippen LogP contribution in [-0.2, 0) is 26.3 Å². The fraction of sp³-hybridized carbons (Fsp3) is 0.562. The number of benzene rings is 1. The van der Waals surface area contributed by atoms with Crippen LogP contribution in [0.5, 0.6) is 0 Å². The van der Waals surface area contributed by atoms with Gasteiger partial charge in [-0.25, -0.2) is 4.79 Å². The lowest BCUT2D eigenvalue weighted by Gasteiger charge is -2.14. The van der Waals surface area contributed by atoms with Crippen molar-refractivity contribution in [1.29, 1.82) is 0 Å². The third-order valence-electron chi connectivity index (χ3n) is 4.51. The summed E-state index contributed by atoms with van der Waals surface area (Å²) in [7, 11) is 0. The SMILES string of the molecule is CCOC(=O)C1(CC)OC12CCc1ccc(C)cc12. The van der Waals surface area contributed by atoms with Gasteiger partial charge in [-0.05, 0) is 44.2 Å². The minimum Gasteiger partial charge on any atom is -0.464 e. The molecule has 2 unspecified atom stereocenters. The van der Waals surface area contributed by atoms with Gasteiger partial charge in [-0.3, -0.25) is 0 Å². The third-order valence-corrected chi connectivity index (χ3v) is 4.51. The number of carbonyl (C=O) groups excluding carboxylic acids is 1. The summed E-state index contributed by atoms with van der Waals surface area (Å²) in [6.07, 6.45) is 2.54. The van der Waals surface area contributed by atoms with E-state index in [-0.39, 0.29) is 5.97 Å². The summed E-state index contributed by atoms with van der Waals surface area (Å²) in [5, 5.41) is 0. The van der Waals surface area contributed by atoms with Gasteiger partial charge in [0.2, 0.25) is 0 Å². The Morgan fingerprint density at radius 3 is 2.89 bits per heavy atom. The van der Waals surface area contributed by atoms with Crippen LogP contribution in [0.15, 0.2) is 18.2 Å². The molecule has 1 heterocycles. The second-order valence-corrected chi connectivity index (χ2v) is 5.49. The van der Waals surface area contributed by atoms with Crippen molar-refractivity contribution in [3.8, 4) is 0 Å². The van der Waals surface area contributed by atoms with Gasteiger partial charge < -0.3 is 9.47 Å². The van der Waals surface area contributed by atoms with Crippen LogP contribution in [0.3, 0.4) is 0 Å². The van der Waals surface area contributed by atoms with Crippen LogP contribution in [0.1, 0.15) is 43.4 Å². The topological polar surface area (TPSA) is 38.8 Å². The Labute approximate surface area is 113 Å². The molecule has 1 fully saturated rings. The van der Waals surface area contributed by atoms with Crippen molar-refractivity contribution >= 4 is 5.97 Å². The van der Waals surface area contributed by atoms with Gasteiger partial charge in [0, 0.05) is 0 Å². The first-order valence-corrected chi connectivity index (χ1v) is 7.07. The van der Waals surface area contributed by atoms with E-state index in [4.69, 9.17) is 9.47 Å². The van der Waals surface area contributed by atoms with Gasteiger partial charge in [-0.15, -0.1) is 0 Å². The molecule has 1 spiro atoms. The molecule has 3 rings (SSSR count). The van der Waals surface area contributed by atoms with Crippen molar-refractivity contribution in [3.63, 3.8) is 0 Å². The van der Waals surface area contributed by atoms with E-state index in [0.717, 1.165) is 12.8 Å². The van der Waals surface area contributed by atoms with E-state index < -0.39 is 11.2 Å². The average Bonchev–Trinajstić information content (AvgIpc) is 2.95. The highest BCUT2D eigenvalue weighted by Gasteiger charge is 2.76. The molecule has 1 saturated heterocycles. The van der Waals surface area contributed by atoms with E-state index in [1.54, 1.807) is 0 Å². The predicted molar refractivity (Wildman–Crippen MR) is 71.9 cm³/mol. The number of epoxide rings is 1. The van der Waals surface area contributed by atoms with E-state index in [0.29, 0.717) is 13.0 Å². The zero-order valence-corrected chi connectivity index (χ0v) is 11.8. The highest BCUT2D eigenvalue weighted by molar-refractivity contribution is 5.86. The molecule has 1 aromatic carbocycles. The first-order chi connectivity index (χ1) is 9.09. The molecule has 0 bridgehead atoms. The number of aryl methyl sites for hydroxylation is 2. The number of hydrogen-bond donors (Lipinski definition) is 0. The van der Waals surface area contributed by atoms with Crippen LogP contribution in [-0.4, -0.2) is 18.2 Å². The maximum absolute atomic E-state index is 12.3. The number of ether oxygens (including phenoxy) is 2. The molecular weight excluding hydrogens is 240 g/mol. The molecule has 0 saturated carbocycles. The summed E-state index contributed by atoms with van der Waals surface area (Å²) in [6.45, 7) is 6.32. The van der Waals surface area contributed by atoms with Crippen LogP contribution in [0, 0.1) is 6.92 Å². The molecular formula is C16H20O3. The Hall–Kier alpha value is -1.35. The standard InChI is InChI=1S/C16H20O3/c1-4-15(14(17)18-5-2)16(19-15)9-8-12-7-6-11(3)10-13(12)16/h6-7,10H,4-5,8-9H2,1-3H3. The molecule has 102 valence electrons. The quantitative estimate of drug-likeness (QED) is 0.619. The lowest BCUT2D eigenvalue weighted by atomic mass is 9.85. The van der Waals surface area contributed by atoms with Gasteiger partial charge in [0.1, 0.15) is 5.60 Å². The molecule has 2 aliphatic rings. The lowest BCUT2D eigenvalue weighted by molar-refractivity contribution is -0.149. The van der Waals surface area contributed by atoms with Gasteiger partial charge >= 0.3 is 5.97 Å². The highest BCUT2D eigenvalue weighted by atomic mass is 16.7. The van der Waals surface area contributed by atoms with Crippen LogP contribution < -0.4 is 0 Å². The van der Waals surface area contributed by atoms with Gasteiger partial charge in [-0.2, -0.15) is 0 Å². The molecule has 1 aromatic rings. The smallest absolute Gasteiger partial charge is 0.341 e. The van der Waals surface area contributed by atoms with Crippen molar-refractivity contribution in [2.24, 2.45) is 0 Å². The first kappa shape index (κ1) is 12.7. The van der Waals surface area contributed by atoms with Crippen molar-refractivity contribution < 1.29 is 14.3 Å². The Kier molecular flexibility index (Phi) is 2.72. The first-order valence-electron chi connectivity index (χ1n) is 7.07. The van der Waals surface area contributed by atoms with E-state index in [1.165, 1.54) is 16.7 Å². The summed E-state index contributed by atoms with van der Waals surface area (Å²) in [5.74, 6) is -0.202. The maximum Gasteiger partial charge on any atom is 0.341 e. The molecule has 19 heavy (non-hydrogen) atoms. The molecule has 1 aliphatic carbocycles. The van der Waals surface area contributed by atoms with Gasteiger partial charge in [0.05, 0.1) is 6.61 Å². The van der Waals surface area contributed by atoms with Crippen LogP contribution in [0.4, 0.5) is 0 Å². The third kappa shape index (κ3) is 1.51. The minimum atomic E-state index is -0.748. The minimum absolute atomic E-state index is 0.202. The Morgan fingerprint density at radius 1 is 1.42 bits per heavy atom. The zero-order valence-electron chi connectivity index (χ0n) is 11.8. The number of fused-ring (bicyclic) bond motifs is 2. The van der Waals surface area contributed by atoms with E-state index >= 15 is 0 Å².